The van der Waals surface area contributed by atoms with Crippen LogP contribution in [0.4, 0.5) is 24.5 Å². The van der Waals surface area contributed by atoms with E-state index in [1.54, 1.807) is 30.6 Å². The fraction of sp³-hybridized carbons (Fsp3) is 0.319. The number of aliphatic hydroxyl groups is 1. The predicted molar refractivity (Wildman–Crippen MR) is 248 cm³/mol. The van der Waals surface area contributed by atoms with Gasteiger partial charge in [0.15, 0.2) is 6.29 Å². The molecule has 6 aromatic rings. The molecule has 63 heavy (non-hydrogen) atoms. The van der Waals surface area contributed by atoms with Gasteiger partial charge in [0.2, 0.25) is 0 Å². The molecule has 0 radical (unpaired) electrons. The zero-order valence-corrected chi connectivity index (χ0v) is 36.5. The molecule has 1 atom stereocenters. The normalized spacial score (nSPS) is 13.8. The van der Waals surface area contributed by atoms with Crippen molar-refractivity contribution >= 4 is 63.6 Å². The molecule has 0 bridgehead atoms. The fourth-order valence-corrected chi connectivity index (χ4v) is 8.97. The first-order valence-electron chi connectivity index (χ1n) is 20.3. The van der Waals surface area contributed by atoms with Crippen molar-refractivity contribution in [1.29, 1.82) is 0 Å². The van der Waals surface area contributed by atoms with Gasteiger partial charge in [-0.3, -0.25) is 9.52 Å². The Hall–Kier alpha value is -4.90. The Kier molecular flexibility index (Phi) is 16.7. The summed E-state index contributed by atoms with van der Waals surface area (Å²) in [5.41, 5.74) is 0.335. The van der Waals surface area contributed by atoms with Crippen LogP contribution in [0.5, 0.6) is 11.5 Å². The van der Waals surface area contributed by atoms with Crippen molar-refractivity contribution in [2.75, 3.05) is 43.1 Å². The van der Waals surface area contributed by atoms with E-state index >= 15 is 0 Å². The van der Waals surface area contributed by atoms with Crippen molar-refractivity contribution in [3.8, 4) is 22.6 Å². The van der Waals surface area contributed by atoms with E-state index in [4.69, 9.17) is 25.8 Å². The van der Waals surface area contributed by atoms with Gasteiger partial charge >= 0.3 is 5.51 Å². The number of pyridine rings is 1. The number of aliphatic hydroxyl groups excluding tert-OH is 1. The van der Waals surface area contributed by atoms with Gasteiger partial charge in [0.05, 0.1) is 17.9 Å². The van der Waals surface area contributed by atoms with Gasteiger partial charge in [0.25, 0.3) is 5.91 Å². The number of ether oxygens (including phenoxy) is 3. The minimum absolute atomic E-state index is 0. The van der Waals surface area contributed by atoms with E-state index in [-0.39, 0.29) is 41.3 Å². The van der Waals surface area contributed by atoms with Crippen molar-refractivity contribution in [3.05, 3.63) is 126 Å². The number of hydrogen-bond donors (Lipinski definition) is 4. The summed E-state index contributed by atoms with van der Waals surface area (Å²) < 4.78 is 61.3. The van der Waals surface area contributed by atoms with Crippen LogP contribution in [0.15, 0.2) is 119 Å². The Morgan fingerprint density at radius 2 is 1.73 bits per heavy atom. The quantitative estimate of drug-likeness (QED) is 0.0377. The smallest absolute Gasteiger partial charge is 0.446 e. The summed E-state index contributed by atoms with van der Waals surface area (Å²) in [5.74, 6) is 0.215. The number of carbonyl (C=O) groups excluding carboxylic acids is 1. The number of aromatic nitrogens is 2. The molecule has 10 nitrogen and oxygen atoms in total. The number of aromatic amines is 1. The molecule has 1 aliphatic rings. The van der Waals surface area contributed by atoms with E-state index in [1.165, 1.54) is 6.07 Å². The van der Waals surface area contributed by atoms with Crippen LogP contribution in [0.2, 0.25) is 5.02 Å². The van der Waals surface area contributed by atoms with Gasteiger partial charge in [-0.15, -0.1) is 0 Å². The first-order valence-corrected chi connectivity index (χ1v) is 22.4. The molecule has 334 valence electrons. The lowest BCUT2D eigenvalue weighted by Gasteiger charge is -2.36. The van der Waals surface area contributed by atoms with E-state index in [9.17, 15) is 23.1 Å². The molecule has 4 aromatic carbocycles. The monoisotopic (exact) mass is 921 g/mol. The molecule has 4 N–H and O–H groups in total. The highest BCUT2D eigenvalue weighted by atomic mass is 35.5. The number of alkyl halides is 3. The Bertz CT molecular complexity index is 2430. The van der Waals surface area contributed by atoms with Crippen molar-refractivity contribution in [3.63, 3.8) is 0 Å². The molecule has 0 saturated carbocycles. The van der Waals surface area contributed by atoms with Gasteiger partial charge < -0.3 is 34.5 Å². The van der Waals surface area contributed by atoms with Crippen LogP contribution in [0.3, 0.4) is 0 Å². The number of hydrogen-bond acceptors (Lipinski definition) is 10. The summed E-state index contributed by atoms with van der Waals surface area (Å²) in [7, 11) is 0. The number of rotatable bonds is 18. The van der Waals surface area contributed by atoms with Gasteiger partial charge in [-0.25, -0.2) is 4.98 Å². The molecule has 1 amide bonds. The Morgan fingerprint density at radius 3 is 2.46 bits per heavy atom. The van der Waals surface area contributed by atoms with Gasteiger partial charge in [-0.2, -0.15) is 13.2 Å². The van der Waals surface area contributed by atoms with Crippen LogP contribution in [0, 0.1) is 5.92 Å². The number of anilines is 2. The highest BCUT2D eigenvalue weighted by Crippen LogP contribution is 2.43. The second-order valence-electron chi connectivity index (χ2n) is 14.5. The van der Waals surface area contributed by atoms with Gasteiger partial charge in [-0.1, -0.05) is 55.4 Å². The van der Waals surface area contributed by atoms with E-state index in [0.717, 1.165) is 52.6 Å². The summed E-state index contributed by atoms with van der Waals surface area (Å²) in [5, 5.41) is 16.2. The maximum Gasteiger partial charge on any atom is 0.446 e. The highest BCUT2D eigenvalue weighted by molar-refractivity contribution is 8.00. The fourth-order valence-electron chi connectivity index (χ4n) is 7.45. The molecule has 2 aromatic heterocycles. The number of fused-ring (bicyclic) bond motifs is 1. The summed E-state index contributed by atoms with van der Waals surface area (Å²) in [4.78, 5) is 23.9. The van der Waals surface area contributed by atoms with Gasteiger partial charge in [0, 0.05) is 83.1 Å². The number of piperidine rings is 1. The van der Waals surface area contributed by atoms with Crippen LogP contribution in [0.1, 0.15) is 62.6 Å². The lowest BCUT2D eigenvalue weighted by Crippen LogP contribution is -2.35. The van der Waals surface area contributed by atoms with Crippen LogP contribution in [0.25, 0.3) is 22.2 Å². The summed E-state index contributed by atoms with van der Waals surface area (Å²) >= 11 is 6.82. The topological polar surface area (TPSA) is 121 Å². The Morgan fingerprint density at radius 1 is 0.984 bits per heavy atom. The second-order valence-corrected chi connectivity index (χ2v) is 17.0. The van der Waals surface area contributed by atoms with Crippen molar-refractivity contribution < 1.29 is 37.3 Å². The highest BCUT2D eigenvalue weighted by Gasteiger charge is 2.31. The standard InChI is InChI=1S/C46H47ClF3N5O5S2.CH4/c1-3-58-42(59-4-2)18-22-51-39-16-14-35(27-41(39)61-46(48,49)50)62-54-45(57)38-15-13-33(26-40(38)60-34-25-31-17-21-52-44(31)53-28-34)55-23-19-30(20-24-55)43(56)37-8-6-5-7-36(37)29-9-11-32(47)12-10-29;/h5-17,21,25-28,30,42-43,51,56H,3-4,18-20,22-24H2,1-2H3,(H,52,53)(H,54,57);1H4. The second kappa shape index (κ2) is 22.1. The molecule has 1 saturated heterocycles. The number of thioether (sulfide) groups is 1. The molecule has 7 rings (SSSR count). The molecule has 1 aliphatic heterocycles. The maximum absolute atomic E-state index is 13.9. The third kappa shape index (κ3) is 12.6. The van der Waals surface area contributed by atoms with Crippen LogP contribution in [-0.2, 0) is 9.47 Å². The average molecular weight is 923 g/mol. The van der Waals surface area contributed by atoms with E-state index in [1.807, 2.05) is 86.6 Å². The van der Waals surface area contributed by atoms with Crippen LogP contribution in [-0.4, -0.2) is 65.6 Å². The predicted octanol–water partition coefficient (Wildman–Crippen LogP) is 12.5. The zero-order chi connectivity index (χ0) is 43.6. The Labute approximate surface area is 379 Å². The van der Waals surface area contributed by atoms with Gasteiger partial charge in [-0.05, 0) is 128 Å². The number of nitrogens with zero attached hydrogens (tertiary/aromatic N) is 2. The molecule has 3 heterocycles. The minimum Gasteiger partial charge on any atom is -0.455 e. The first kappa shape index (κ1) is 47.6. The molecular weight excluding hydrogens is 871 g/mol. The van der Waals surface area contributed by atoms with Crippen molar-refractivity contribution in [2.45, 2.75) is 68.2 Å². The summed E-state index contributed by atoms with van der Waals surface area (Å²) in [6, 6.07) is 29.1. The number of halogens is 4. The minimum atomic E-state index is -4.53. The van der Waals surface area contributed by atoms with Gasteiger partial charge in [0.1, 0.15) is 17.1 Å². The third-order valence-electron chi connectivity index (χ3n) is 10.4. The Balaban J connectivity index is 0.00000661. The molecule has 0 spiro atoms. The number of carbonyl (C=O) groups is 1. The molecular formula is C47H51ClF3N5O5S2. The number of H-pyrrole nitrogens is 1. The number of nitrogens with one attached hydrogen (secondary N) is 3. The van der Waals surface area contributed by atoms with E-state index in [0.29, 0.717) is 66.3 Å². The van der Waals surface area contributed by atoms with E-state index < -0.39 is 23.8 Å². The largest absolute Gasteiger partial charge is 0.455 e. The summed E-state index contributed by atoms with van der Waals surface area (Å²) in [6.07, 6.45) is 4.09. The third-order valence-corrected chi connectivity index (χ3v) is 12.3. The lowest BCUT2D eigenvalue weighted by molar-refractivity contribution is -0.137. The zero-order valence-electron chi connectivity index (χ0n) is 34.1. The van der Waals surface area contributed by atoms with Crippen molar-refractivity contribution in [2.24, 2.45) is 5.92 Å². The molecule has 16 heteroatoms. The molecule has 1 unspecified atom stereocenters. The SMILES string of the molecule is C.CCOC(CCNc1ccc(SNC(=O)c2ccc(N3CCC(C(O)c4ccccc4-c4ccc(Cl)cc4)CC3)cc2Oc2cnc3[nH]ccc3c2)cc1SC(F)(F)F)OCC. The average Bonchev–Trinajstić information content (AvgIpc) is 3.74. The number of amides is 1. The summed E-state index contributed by atoms with van der Waals surface area (Å²) in [6.45, 7) is 6.23. The maximum atomic E-state index is 13.9. The lowest BCUT2D eigenvalue weighted by atomic mass is 9.84. The molecule has 0 aliphatic carbocycles. The van der Waals surface area contributed by atoms with Crippen LogP contribution < -0.4 is 19.7 Å². The van der Waals surface area contributed by atoms with E-state index in [2.05, 4.69) is 24.9 Å². The van der Waals surface area contributed by atoms with Crippen LogP contribution >= 0.6 is 35.3 Å². The molecule has 1 fully saturated rings. The number of benzene rings is 4. The first-order chi connectivity index (χ1) is 30.0. The van der Waals surface area contributed by atoms with Crippen molar-refractivity contribution in [1.82, 2.24) is 14.7 Å².